The maximum Gasteiger partial charge on any atom is 0.332 e. The third-order valence-corrected chi connectivity index (χ3v) is 4.81. The Kier molecular flexibility index (Phi) is 4.35. The van der Waals surface area contributed by atoms with Crippen LogP contribution in [0.4, 0.5) is 11.6 Å². The Hall–Kier alpha value is -3.61. The van der Waals surface area contributed by atoms with Crippen LogP contribution < -0.4 is 16.6 Å². The molecule has 2 aromatic carbocycles. The van der Waals surface area contributed by atoms with Crippen LogP contribution in [0, 0.1) is 6.92 Å². The topological polar surface area (TPSA) is 73.8 Å². The first-order valence-corrected chi connectivity index (χ1v) is 8.99. The van der Waals surface area contributed by atoms with Gasteiger partial charge in [-0.1, -0.05) is 42.5 Å². The Bertz CT molecular complexity index is 1280. The number of hydrogen-bond acceptors (Lipinski definition) is 4. The Morgan fingerprint density at radius 3 is 2.43 bits per heavy atom. The molecule has 0 saturated carbocycles. The van der Waals surface area contributed by atoms with Crippen LogP contribution in [0.2, 0.25) is 0 Å². The van der Waals surface area contributed by atoms with Crippen molar-refractivity contribution in [2.75, 3.05) is 5.32 Å². The van der Waals surface area contributed by atoms with Crippen LogP contribution in [-0.4, -0.2) is 18.7 Å². The molecule has 0 aliphatic heterocycles. The molecule has 0 unspecified atom stereocenters. The highest BCUT2D eigenvalue weighted by molar-refractivity contribution is 5.76. The largest absolute Gasteiger partial charge is 0.332 e. The summed E-state index contributed by atoms with van der Waals surface area (Å²) in [6, 6.07) is 17.8. The smallest absolute Gasteiger partial charge is 0.326 e. The van der Waals surface area contributed by atoms with E-state index in [4.69, 9.17) is 0 Å². The van der Waals surface area contributed by atoms with Crippen LogP contribution >= 0.6 is 0 Å². The summed E-state index contributed by atoms with van der Waals surface area (Å²) in [7, 11) is 3.11. The second kappa shape index (κ2) is 6.84. The number of imidazole rings is 1. The van der Waals surface area contributed by atoms with Crippen molar-refractivity contribution in [1.82, 2.24) is 18.7 Å². The van der Waals surface area contributed by atoms with Crippen molar-refractivity contribution in [2.24, 2.45) is 14.1 Å². The maximum absolute atomic E-state index is 12.9. The molecule has 7 nitrogen and oxygen atoms in total. The summed E-state index contributed by atoms with van der Waals surface area (Å²) in [6.07, 6.45) is 0. The average molecular weight is 375 g/mol. The van der Waals surface area contributed by atoms with Gasteiger partial charge in [0.05, 0.1) is 6.54 Å². The lowest BCUT2D eigenvalue weighted by molar-refractivity contribution is 0.702. The van der Waals surface area contributed by atoms with Gasteiger partial charge in [-0.05, 0) is 30.2 Å². The molecular weight excluding hydrogens is 354 g/mol. The normalized spacial score (nSPS) is 11.1. The lowest BCUT2D eigenvalue weighted by Gasteiger charge is -2.11. The molecule has 0 spiro atoms. The van der Waals surface area contributed by atoms with E-state index in [2.05, 4.69) is 10.3 Å². The fraction of sp³-hybridized carbons (Fsp3) is 0.190. The lowest BCUT2D eigenvalue weighted by atomic mass is 10.2. The zero-order valence-corrected chi connectivity index (χ0v) is 16.0. The predicted molar refractivity (Wildman–Crippen MR) is 110 cm³/mol. The minimum absolute atomic E-state index is 0.360. The van der Waals surface area contributed by atoms with Gasteiger partial charge in [-0.15, -0.1) is 0 Å². The first-order chi connectivity index (χ1) is 13.5. The molecule has 0 amide bonds. The van der Waals surface area contributed by atoms with Crippen LogP contribution in [0.15, 0.2) is 64.2 Å². The Morgan fingerprint density at radius 1 is 0.964 bits per heavy atom. The van der Waals surface area contributed by atoms with Crippen molar-refractivity contribution in [3.8, 4) is 0 Å². The van der Waals surface area contributed by atoms with Crippen LogP contribution in [0.25, 0.3) is 11.2 Å². The van der Waals surface area contributed by atoms with Gasteiger partial charge in [0.25, 0.3) is 5.56 Å². The summed E-state index contributed by atoms with van der Waals surface area (Å²) in [5, 5.41) is 3.30. The molecule has 4 rings (SSSR count). The lowest BCUT2D eigenvalue weighted by Crippen LogP contribution is -2.37. The summed E-state index contributed by atoms with van der Waals surface area (Å²) < 4.78 is 4.34. The Labute approximate surface area is 161 Å². The predicted octanol–water partition coefficient (Wildman–Crippen LogP) is 2.53. The number of hydrogen-bond donors (Lipinski definition) is 1. The average Bonchev–Trinajstić information content (AvgIpc) is 3.03. The van der Waals surface area contributed by atoms with E-state index in [0.717, 1.165) is 21.4 Å². The molecule has 0 atom stereocenters. The van der Waals surface area contributed by atoms with E-state index >= 15 is 0 Å². The number of nitrogens with one attached hydrogen (secondary N) is 1. The number of aryl methyl sites for hydroxylation is 2. The molecule has 1 N–H and O–H groups in total. The van der Waals surface area contributed by atoms with Crippen LogP contribution in [-0.2, 0) is 20.6 Å². The van der Waals surface area contributed by atoms with E-state index in [-0.39, 0.29) is 5.56 Å². The van der Waals surface area contributed by atoms with E-state index in [9.17, 15) is 9.59 Å². The second-order valence-corrected chi connectivity index (χ2v) is 6.88. The van der Waals surface area contributed by atoms with Crippen LogP contribution in [0.1, 0.15) is 11.1 Å². The van der Waals surface area contributed by atoms with Crippen molar-refractivity contribution in [2.45, 2.75) is 13.5 Å². The van der Waals surface area contributed by atoms with E-state index in [0.29, 0.717) is 23.7 Å². The molecule has 0 fully saturated rings. The van der Waals surface area contributed by atoms with Crippen LogP contribution in [0.3, 0.4) is 0 Å². The van der Waals surface area contributed by atoms with Gasteiger partial charge in [-0.2, -0.15) is 4.98 Å². The molecular formula is C21H21N5O2. The molecule has 142 valence electrons. The maximum atomic E-state index is 12.9. The molecule has 0 radical (unpaired) electrons. The molecule has 28 heavy (non-hydrogen) atoms. The van der Waals surface area contributed by atoms with Crippen molar-refractivity contribution in [3.05, 3.63) is 86.6 Å². The summed E-state index contributed by atoms with van der Waals surface area (Å²) in [6.45, 7) is 2.47. The molecule has 0 saturated heterocycles. The van der Waals surface area contributed by atoms with Gasteiger partial charge < -0.3 is 5.32 Å². The summed E-state index contributed by atoms with van der Waals surface area (Å²) in [4.78, 5) is 29.8. The minimum Gasteiger partial charge on any atom is -0.326 e. The van der Waals surface area contributed by atoms with Gasteiger partial charge in [0.15, 0.2) is 11.2 Å². The number of rotatable bonds is 4. The SMILES string of the molecule is Cc1cccc(Nc2nc3c(c(=O)n(C)c(=O)n3C)n2Cc2ccccc2)c1. The fourth-order valence-electron chi connectivity index (χ4n) is 3.31. The van der Waals surface area contributed by atoms with Gasteiger partial charge >= 0.3 is 5.69 Å². The first-order valence-electron chi connectivity index (χ1n) is 8.99. The number of nitrogens with zero attached hydrogens (tertiary/aromatic N) is 4. The summed E-state index contributed by atoms with van der Waals surface area (Å²) in [5.74, 6) is 0.516. The Morgan fingerprint density at radius 2 is 1.71 bits per heavy atom. The van der Waals surface area contributed by atoms with Crippen molar-refractivity contribution >= 4 is 22.8 Å². The van der Waals surface area contributed by atoms with Gasteiger partial charge in [-0.3, -0.25) is 18.5 Å². The zero-order valence-electron chi connectivity index (χ0n) is 16.0. The van der Waals surface area contributed by atoms with Gasteiger partial charge in [-0.25, -0.2) is 4.79 Å². The molecule has 4 aromatic rings. The molecule has 0 aliphatic carbocycles. The van der Waals surface area contributed by atoms with Gasteiger partial charge in [0.1, 0.15) is 0 Å². The highest BCUT2D eigenvalue weighted by Gasteiger charge is 2.19. The third-order valence-electron chi connectivity index (χ3n) is 4.81. The minimum atomic E-state index is -0.399. The quantitative estimate of drug-likeness (QED) is 0.595. The van der Waals surface area contributed by atoms with Crippen LogP contribution in [0.5, 0.6) is 0 Å². The highest BCUT2D eigenvalue weighted by atomic mass is 16.2. The van der Waals surface area contributed by atoms with Gasteiger partial charge in [0, 0.05) is 19.8 Å². The summed E-state index contributed by atoms with van der Waals surface area (Å²) >= 11 is 0. The molecule has 7 heteroatoms. The standard InChI is InChI=1S/C21H21N5O2/c1-14-8-7-11-16(12-14)22-20-23-18-17(19(27)25(3)21(28)24(18)2)26(20)13-15-9-5-4-6-10-15/h4-12H,13H2,1-3H3,(H,22,23). The number of benzene rings is 2. The van der Waals surface area contributed by atoms with Crippen molar-refractivity contribution < 1.29 is 0 Å². The molecule has 2 aromatic heterocycles. The van der Waals surface area contributed by atoms with Crippen molar-refractivity contribution in [1.29, 1.82) is 0 Å². The second-order valence-electron chi connectivity index (χ2n) is 6.88. The monoisotopic (exact) mass is 375 g/mol. The highest BCUT2D eigenvalue weighted by Crippen LogP contribution is 2.22. The zero-order chi connectivity index (χ0) is 19.8. The number of anilines is 2. The first kappa shape index (κ1) is 17.8. The van der Waals surface area contributed by atoms with Gasteiger partial charge in [0.2, 0.25) is 5.95 Å². The van der Waals surface area contributed by atoms with Crippen molar-refractivity contribution in [3.63, 3.8) is 0 Å². The third kappa shape index (κ3) is 3.00. The van der Waals surface area contributed by atoms with E-state index in [1.165, 1.54) is 11.6 Å². The molecule has 0 aliphatic rings. The number of aromatic nitrogens is 4. The Balaban J connectivity index is 1.96. The fourth-order valence-corrected chi connectivity index (χ4v) is 3.31. The van der Waals surface area contributed by atoms with E-state index in [1.807, 2.05) is 66.1 Å². The summed E-state index contributed by atoms with van der Waals surface area (Å²) in [5.41, 5.74) is 3.00. The van der Waals surface area contributed by atoms with E-state index in [1.54, 1.807) is 7.05 Å². The molecule has 0 bridgehead atoms. The number of fused-ring (bicyclic) bond motifs is 1. The van der Waals surface area contributed by atoms with E-state index < -0.39 is 5.69 Å². The molecule has 2 heterocycles.